The summed E-state index contributed by atoms with van der Waals surface area (Å²) in [5.74, 6) is -1.22. The normalized spacial score (nSPS) is 18.6. The van der Waals surface area contributed by atoms with Crippen LogP contribution in [0.25, 0.3) is 5.76 Å². The Bertz CT molecular complexity index is 1190. The molecule has 0 saturated carbocycles. The van der Waals surface area contributed by atoms with E-state index in [0.29, 0.717) is 54.5 Å². The molecule has 0 aliphatic carbocycles. The molecule has 1 saturated heterocycles. The standard InChI is InChI=1S/C27H30N2O7/c1-4-28(5-2)12-13-29-23(17-6-8-18(9-7-17)27(33)34-3)22(25(31)26(29)32)24(30)19-10-11-20-21(16-19)36-15-14-35-20/h6-11,16,23,30H,4-5,12-15H2,1-3H3/b24-22+/t23-/m1/s1. The van der Waals surface area contributed by atoms with Gasteiger partial charge in [0.25, 0.3) is 11.7 Å². The average Bonchev–Trinajstić information content (AvgIpc) is 3.17. The average molecular weight is 495 g/mol. The van der Waals surface area contributed by atoms with Crippen molar-refractivity contribution in [3.8, 4) is 11.5 Å². The van der Waals surface area contributed by atoms with Crippen molar-refractivity contribution in [2.45, 2.75) is 19.9 Å². The number of aliphatic hydroxyl groups excluding tert-OH is 1. The predicted molar refractivity (Wildman–Crippen MR) is 132 cm³/mol. The molecule has 1 amide bonds. The highest BCUT2D eigenvalue weighted by molar-refractivity contribution is 6.46. The molecule has 1 fully saturated rings. The molecule has 0 spiro atoms. The van der Waals surface area contributed by atoms with Crippen LogP contribution in [-0.4, -0.2) is 79.1 Å². The summed E-state index contributed by atoms with van der Waals surface area (Å²) in [6.07, 6.45) is 0. The lowest BCUT2D eigenvalue weighted by molar-refractivity contribution is -0.140. The van der Waals surface area contributed by atoms with Crippen molar-refractivity contribution in [1.82, 2.24) is 9.80 Å². The van der Waals surface area contributed by atoms with Crippen molar-refractivity contribution >= 4 is 23.4 Å². The zero-order valence-corrected chi connectivity index (χ0v) is 20.7. The minimum Gasteiger partial charge on any atom is -0.507 e. The second-order valence-corrected chi connectivity index (χ2v) is 8.49. The lowest BCUT2D eigenvalue weighted by atomic mass is 9.94. The molecule has 0 aromatic heterocycles. The molecule has 0 bridgehead atoms. The van der Waals surface area contributed by atoms with Crippen molar-refractivity contribution in [2.24, 2.45) is 0 Å². The summed E-state index contributed by atoms with van der Waals surface area (Å²) < 4.78 is 15.9. The summed E-state index contributed by atoms with van der Waals surface area (Å²) >= 11 is 0. The Morgan fingerprint density at radius 2 is 1.67 bits per heavy atom. The second kappa shape index (κ2) is 10.8. The smallest absolute Gasteiger partial charge is 0.337 e. The number of amides is 1. The zero-order chi connectivity index (χ0) is 25.8. The van der Waals surface area contributed by atoms with Gasteiger partial charge in [0.2, 0.25) is 0 Å². The highest BCUT2D eigenvalue weighted by Gasteiger charge is 2.46. The number of ether oxygens (including phenoxy) is 3. The Morgan fingerprint density at radius 1 is 1.03 bits per heavy atom. The van der Waals surface area contributed by atoms with Crippen LogP contribution in [0.2, 0.25) is 0 Å². The second-order valence-electron chi connectivity index (χ2n) is 8.49. The van der Waals surface area contributed by atoms with Crippen molar-refractivity contribution in [1.29, 1.82) is 0 Å². The van der Waals surface area contributed by atoms with Crippen molar-refractivity contribution in [2.75, 3.05) is 46.5 Å². The number of aliphatic hydroxyl groups is 1. The number of esters is 1. The van der Waals surface area contributed by atoms with E-state index < -0.39 is 23.7 Å². The van der Waals surface area contributed by atoms with Gasteiger partial charge in [-0.2, -0.15) is 0 Å². The Balaban J connectivity index is 1.78. The van der Waals surface area contributed by atoms with Gasteiger partial charge >= 0.3 is 5.97 Å². The zero-order valence-electron chi connectivity index (χ0n) is 20.7. The van der Waals surface area contributed by atoms with E-state index in [9.17, 15) is 19.5 Å². The Morgan fingerprint density at radius 3 is 2.31 bits per heavy atom. The number of likely N-dealkylation sites (N-methyl/N-ethyl adjacent to an activating group) is 1. The van der Waals surface area contributed by atoms with Gasteiger partial charge in [0.15, 0.2) is 11.5 Å². The molecule has 0 radical (unpaired) electrons. The van der Waals surface area contributed by atoms with Gasteiger partial charge < -0.3 is 29.1 Å². The summed E-state index contributed by atoms with van der Waals surface area (Å²) in [6.45, 7) is 7.34. The number of methoxy groups -OCH3 is 1. The van der Waals surface area contributed by atoms with E-state index in [0.717, 1.165) is 13.1 Å². The first-order valence-corrected chi connectivity index (χ1v) is 12.0. The Kier molecular flexibility index (Phi) is 7.59. The van der Waals surface area contributed by atoms with Crippen LogP contribution < -0.4 is 9.47 Å². The van der Waals surface area contributed by atoms with Gasteiger partial charge in [-0.25, -0.2) is 4.79 Å². The summed E-state index contributed by atoms with van der Waals surface area (Å²) in [6, 6.07) is 10.6. The monoisotopic (exact) mass is 494 g/mol. The van der Waals surface area contributed by atoms with Crippen LogP contribution in [0.5, 0.6) is 11.5 Å². The molecular formula is C27H30N2O7. The van der Waals surface area contributed by atoms with E-state index in [1.807, 2.05) is 13.8 Å². The van der Waals surface area contributed by atoms with Crippen LogP contribution in [0.15, 0.2) is 48.0 Å². The molecular weight excluding hydrogens is 464 g/mol. The quantitative estimate of drug-likeness (QED) is 0.258. The molecule has 1 N–H and O–H groups in total. The molecule has 2 aliphatic heterocycles. The topological polar surface area (TPSA) is 106 Å². The first kappa shape index (κ1) is 25.2. The number of ketones is 1. The van der Waals surface area contributed by atoms with Crippen molar-refractivity contribution in [3.63, 3.8) is 0 Å². The molecule has 9 nitrogen and oxygen atoms in total. The van der Waals surface area contributed by atoms with Crippen molar-refractivity contribution < 1.29 is 33.7 Å². The van der Waals surface area contributed by atoms with Crippen LogP contribution >= 0.6 is 0 Å². The maximum Gasteiger partial charge on any atom is 0.337 e. The summed E-state index contributed by atoms with van der Waals surface area (Å²) in [4.78, 5) is 42.0. The van der Waals surface area contributed by atoms with Gasteiger partial charge in [0, 0.05) is 18.7 Å². The molecule has 2 aliphatic rings. The Hall–Kier alpha value is -3.85. The first-order valence-electron chi connectivity index (χ1n) is 12.0. The fourth-order valence-corrected chi connectivity index (χ4v) is 4.51. The number of nitrogens with zero attached hydrogens (tertiary/aromatic N) is 2. The SMILES string of the molecule is CCN(CC)CCN1C(=O)C(=O)/C(=C(/O)c2ccc3c(c2)OCCO3)[C@H]1c1ccc(C(=O)OC)cc1. The Labute approximate surface area is 209 Å². The largest absolute Gasteiger partial charge is 0.507 e. The summed E-state index contributed by atoms with van der Waals surface area (Å²) in [7, 11) is 1.30. The van der Waals surface area contributed by atoms with Crippen LogP contribution in [0.4, 0.5) is 0 Å². The fourth-order valence-electron chi connectivity index (χ4n) is 4.51. The summed E-state index contributed by atoms with van der Waals surface area (Å²) in [5, 5.41) is 11.3. The number of benzene rings is 2. The van der Waals surface area contributed by atoms with E-state index in [1.165, 1.54) is 12.0 Å². The van der Waals surface area contributed by atoms with Gasteiger partial charge in [-0.15, -0.1) is 0 Å². The van der Waals surface area contributed by atoms with Crippen LogP contribution in [0.3, 0.4) is 0 Å². The van der Waals surface area contributed by atoms with Crippen LogP contribution in [0, 0.1) is 0 Å². The number of hydrogen-bond donors (Lipinski definition) is 1. The van der Waals surface area contributed by atoms with E-state index in [4.69, 9.17) is 14.2 Å². The van der Waals surface area contributed by atoms with E-state index in [-0.39, 0.29) is 11.3 Å². The third-order valence-corrected chi connectivity index (χ3v) is 6.55. The molecule has 2 heterocycles. The van der Waals surface area contributed by atoms with E-state index in [2.05, 4.69) is 4.90 Å². The van der Waals surface area contributed by atoms with Gasteiger partial charge in [-0.1, -0.05) is 26.0 Å². The van der Waals surface area contributed by atoms with E-state index in [1.54, 1.807) is 42.5 Å². The van der Waals surface area contributed by atoms with Crippen molar-refractivity contribution in [3.05, 3.63) is 64.7 Å². The number of carbonyl (C=O) groups is 3. The van der Waals surface area contributed by atoms with Crippen LogP contribution in [0.1, 0.15) is 41.4 Å². The molecule has 0 unspecified atom stereocenters. The van der Waals surface area contributed by atoms with Gasteiger partial charge in [0.05, 0.1) is 24.3 Å². The molecule has 9 heteroatoms. The minimum absolute atomic E-state index is 0.0120. The molecule has 4 rings (SSSR count). The minimum atomic E-state index is -0.819. The molecule has 36 heavy (non-hydrogen) atoms. The molecule has 190 valence electrons. The van der Waals surface area contributed by atoms with Gasteiger partial charge in [-0.05, 0) is 49.0 Å². The van der Waals surface area contributed by atoms with Crippen LogP contribution in [-0.2, 0) is 14.3 Å². The number of fused-ring (bicyclic) bond motifs is 1. The molecule has 2 aromatic rings. The lowest BCUT2D eigenvalue weighted by Crippen LogP contribution is -2.38. The third-order valence-electron chi connectivity index (χ3n) is 6.55. The predicted octanol–water partition coefficient (Wildman–Crippen LogP) is 3.01. The highest BCUT2D eigenvalue weighted by Crippen LogP contribution is 2.41. The lowest BCUT2D eigenvalue weighted by Gasteiger charge is -2.28. The third kappa shape index (κ3) is 4.79. The summed E-state index contributed by atoms with van der Waals surface area (Å²) in [5.41, 5.74) is 1.27. The fraction of sp³-hybridized carbons (Fsp3) is 0.370. The number of carbonyl (C=O) groups excluding carboxylic acids is 3. The van der Waals surface area contributed by atoms with Gasteiger partial charge in [0.1, 0.15) is 19.0 Å². The maximum absolute atomic E-state index is 13.3. The first-order chi connectivity index (χ1) is 17.4. The highest BCUT2D eigenvalue weighted by atomic mass is 16.6. The number of Topliss-reactive ketones (excluding diaryl/α,β-unsaturated/α-hetero) is 1. The number of hydrogen-bond acceptors (Lipinski definition) is 8. The number of rotatable bonds is 8. The van der Waals surface area contributed by atoms with E-state index >= 15 is 0 Å². The number of likely N-dealkylation sites (tertiary alicyclic amines) is 1. The molecule has 1 atom stereocenters. The van der Waals surface area contributed by atoms with Gasteiger partial charge in [-0.3, -0.25) is 9.59 Å². The maximum atomic E-state index is 13.3. The molecule has 2 aromatic carbocycles.